The second-order valence-electron chi connectivity index (χ2n) is 5.07. The van der Waals surface area contributed by atoms with Gasteiger partial charge in [-0.2, -0.15) is 0 Å². The maximum absolute atomic E-state index is 3.71. The maximum Gasteiger partial charge on any atom is 0.0682 e. The molecule has 0 aliphatic rings. The van der Waals surface area contributed by atoms with Crippen molar-refractivity contribution in [3.63, 3.8) is 0 Å². The van der Waals surface area contributed by atoms with Crippen LogP contribution in [0.4, 0.5) is 0 Å². The number of hydrogen-bond donors (Lipinski definition) is 1. The molecule has 1 nitrogen and oxygen atoms in total. The number of hydrogen-bond acceptors (Lipinski definition) is 2. The molecule has 0 bridgehead atoms. The van der Waals surface area contributed by atoms with E-state index >= 15 is 0 Å². The summed E-state index contributed by atoms with van der Waals surface area (Å²) in [6.07, 6.45) is 2.26. The van der Waals surface area contributed by atoms with Gasteiger partial charge in [0.25, 0.3) is 0 Å². The highest BCUT2D eigenvalue weighted by Crippen LogP contribution is 2.33. The highest BCUT2D eigenvalue weighted by atomic mass is 79.9. The molecule has 1 N–H and O–H groups in total. The second-order valence-corrected chi connectivity index (χ2v) is 7.12. The SMILES string of the molecule is CCCNC(c1ccc(CC)s1)c1cc(C)ccc1Br. The average Bonchev–Trinajstić information content (AvgIpc) is 2.92. The lowest BCUT2D eigenvalue weighted by molar-refractivity contribution is 0.604. The van der Waals surface area contributed by atoms with Crippen LogP contribution in [0.2, 0.25) is 0 Å². The topological polar surface area (TPSA) is 12.0 Å². The Labute approximate surface area is 134 Å². The molecule has 0 fully saturated rings. The smallest absolute Gasteiger partial charge is 0.0682 e. The largest absolute Gasteiger partial charge is 0.306 e. The van der Waals surface area contributed by atoms with Crippen molar-refractivity contribution in [1.29, 1.82) is 0 Å². The molecule has 1 aromatic heterocycles. The standard InChI is InChI=1S/C17H22BrNS/c1-4-10-19-17(16-9-7-13(5-2)20-16)14-11-12(3)6-8-15(14)18/h6-9,11,17,19H,4-5,10H2,1-3H3. The summed E-state index contributed by atoms with van der Waals surface area (Å²) >= 11 is 5.63. The zero-order valence-electron chi connectivity index (χ0n) is 12.4. The van der Waals surface area contributed by atoms with Gasteiger partial charge < -0.3 is 5.32 Å². The molecule has 20 heavy (non-hydrogen) atoms. The van der Waals surface area contributed by atoms with Crippen LogP contribution in [0.15, 0.2) is 34.8 Å². The molecule has 2 rings (SSSR count). The van der Waals surface area contributed by atoms with Gasteiger partial charge in [-0.25, -0.2) is 0 Å². The lowest BCUT2D eigenvalue weighted by atomic mass is 10.0. The van der Waals surface area contributed by atoms with Crippen molar-refractivity contribution in [2.75, 3.05) is 6.54 Å². The fraction of sp³-hybridized carbons (Fsp3) is 0.412. The molecule has 1 unspecified atom stereocenters. The van der Waals surface area contributed by atoms with Crippen LogP contribution in [-0.2, 0) is 6.42 Å². The molecule has 0 radical (unpaired) electrons. The van der Waals surface area contributed by atoms with E-state index < -0.39 is 0 Å². The van der Waals surface area contributed by atoms with Gasteiger partial charge in [-0.1, -0.05) is 47.5 Å². The fourth-order valence-corrected chi connectivity index (χ4v) is 3.80. The third-order valence-corrected chi connectivity index (χ3v) is 5.39. The zero-order chi connectivity index (χ0) is 14.5. The third kappa shape index (κ3) is 3.72. The van der Waals surface area contributed by atoms with E-state index in [1.54, 1.807) is 0 Å². The highest BCUT2D eigenvalue weighted by Gasteiger charge is 2.18. The van der Waals surface area contributed by atoms with Gasteiger partial charge >= 0.3 is 0 Å². The summed E-state index contributed by atoms with van der Waals surface area (Å²) in [4.78, 5) is 2.86. The number of rotatable bonds is 6. The Morgan fingerprint density at radius 3 is 2.65 bits per heavy atom. The van der Waals surface area contributed by atoms with Crippen LogP contribution in [0.5, 0.6) is 0 Å². The van der Waals surface area contributed by atoms with Gasteiger partial charge in [0.05, 0.1) is 6.04 Å². The summed E-state index contributed by atoms with van der Waals surface area (Å²) < 4.78 is 1.18. The van der Waals surface area contributed by atoms with E-state index in [1.807, 2.05) is 11.3 Å². The molecular weight excluding hydrogens is 330 g/mol. The molecule has 2 aromatic rings. The lowest BCUT2D eigenvalue weighted by Crippen LogP contribution is -2.22. The summed E-state index contributed by atoms with van der Waals surface area (Å²) in [5.74, 6) is 0. The summed E-state index contributed by atoms with van der Waals surface area (Å²) in [7, 11) is 0. The van der Waals surface area contributed by atoms with Gasteiger partial charge in [-0.05, 0) is 50.1 Å². The molecule has 1 atom stereocenters. The van der Waals surface area contributed by atoms with Crippen LogP contribution in [0.3, 0.4) is 0 Å². The number of benzene rings is 1. The summed E-state index contributed by atoms with van der Waals surface area (Å²) in [6, 6.07) is 11.4. The van der Waals surface area contributed by atoms with Crippen molar-refractivity contribution in [3.05, 3.63) is 55.7 Å². The predicted octanol–water partition coefficient (Wildman–Crippen LogP) is 5.47. The number of nitrogens with one attached hydrogen (secondary N) is 1. The molecule has 108 valence electrons. The van der Waals surface area contributed by atoms with E-state index in [0.717, 1.165) is 19.4 Å². The minimum absolute atomic E-state index is 0.287. The molecule has 1 heterocycles. The van der Waals surface area contributed by atoms with Crippen LogP contribution < -0.4 is 5.32 Å². The van der Waals surface area contributed by atoms with Gasteiger partial charge in [0, 0.05) is 14.2 Å². The van der Waals surface area contributed by atoms with E-state index in [1.165, 1.54) is 25.4 Å². The molecule has 0 aliphatic carbocycles. The van der Waals surface area contributed by atoms with Crippen molar-refractivity contribution < 1.29 is 0 Å². The molecule has 3 heteroatoms. The van der Waals surface area contributed by atoms with Gasteiger partial charge in [-0.3, -0.25) is 0 Å². The van der Waals surface area contributed by atoms with E-state index in [4.69, 9.17) is 0 Å². The minimum atomic E-state index is 0.287. The quantitative estimate of drug-likeness (QED) is 0.727. The van der Waals surface area contributed by atoms with Crippen LogP contribution in [-0.4, -0.2) is 6.54 Å². The van der Waals surface area contributed by atoms with Crippen molar-refractivity contribution in [2.45, 2.75) is 39.7 Å². The maximum atomic E-state index is 3.71. The lowest BCUT2D eigenvalue weighted by Gasteiger charge is -2.20. The minimum Gasteiger partial charge on any atom is -0.306 e. The van der Waals surface area contributed by atoms with Crippen molar-refractivity contribution in [3.8, 4) is 0 Å². The van der Waals surface area contributed by atoms with Gasteiger partial charge in [0.1, 0.15) is 0 Å². The van der Waals surface area contributed by atoms with Crippen molar-refractivity contribution in [1.82, 2.24) is 5.32 Å². The van der Waals surface area contributed by atoms with Crippen molar-refractivity contribution in [2.24, 2.45) is 0 Å². The van der Waals surface area contributed by atoms with Crippen LogP contribution in [0, 0.1) is 6.92 Å². The molecule has 1 aromatic carbocycles. The number of halogens is 1. The van der Waals surface area contributed by atoms with Crippen LogP contribution >= 0.6 is 27.3 Å². The van der Waals surface area contributed by atoms with E-state index in [9.17, 15) is 0 Å². The first-order valence-corrected chi connectivity index (χ1v) is 8.84. The van der Waals surface area contributed by atoms with Crippen LogP contribution in [0.1, 0.15) is 47.2 Å². The average molecular weight is 352 g/mol. The summed E-state index contributed by atoms with van der Waals surface area (Å²) in [5, 5.41) is 3.69. The fourth-order valence-electron chi connectivity index (χ4n) is 2.28. The van der Waals surface area contributed by atoms with E-state index in [2.05, 4.69) is 72.3 Å². The Hall–Kier alpha value is -0.640. The van der Waals surface area contributed by atoms with Crippen molar-refractivity contribution >= 4 is 27.3 Å². The molecule has 0 saturated carbocycles. The Morgan fingerprint density at radius 1 is 1.20 bits per heavy atom. The van der Waals surface area contributed by atoms with E-state index in [-0.39, 0.29) is 6.04 Å². The van der Waals surface area contributed by atoms with Gasteiger partial charge in [0.2, 0.25) is 0 Å². The highest BCUT2D eigenvalue weighted by molar-refractivity contribution is 9.10. The Balaban J connectivity index is 2.38. The summed E-state index contributed by atoms with van der Waals surface area (Å²) in [6.45, 7) is 7.61. The third-order valence-electron chi connectivity index (χ3n) is 3.38. The molecule has 0 amide bonds. The Kier molecular flexibility index (Phi) is 5.82. The van der Waals surface area contributed by atoms with E-state index in [0.29, 0.717) is 0 Å². The summed E-state index contributed by atoms with van der Waals surface area (Å²) in [5.41, 5.74) is 2.64. The monoisotopic (exact) mass is 351 g/mol. The first-order chi connectivity index (χ1) is 9.65. The molecule has 0 spiro atoms. The number of thiophene rings is 1. The normalized spacial score (nSPS) is 12.6. The Morgan fingerprint density at radius 2 is 2.00 bits per heavy atom. The Bertz CT molecular complexity index is 562. The molecule has 0 aliphatic heterocycles. The predicted molar refractivity (Wildman–Crippen MR) is 92.7 cm³/mol. The van der Waals surface area contributed by atoms with Gasteiger partial charge in [0.15, 0.2) is 0 Å². The first-order valence-electron chi connectivity index (χ1n) is 7.23. The first kappa shape index (κ1) is 15.7. The van der Waals surface area contributed by atoms with Gasteiger partial charge in [-0.15, -0.1) is 11.3 Å². The second kappa shape index (κ2) is 7.39. The van der Waals surface area contributed by atoms with Crippen LogP contribution in [0.25, 0.3) is 0 Å². The number of aryl methyl sites for hydroxylation is 2. The zero-order valence-corrected chi connectivity index (χ0v) is 14.8. The molecule has 0 saturated heterocycles. The molecular formula is C17H22BrNS.